The van der Waals surface area contributed by atoms with Crippen molar-refractivity contribution in [2.24, 2.45) is 0 Å². The lowest BCUT2D eigenvalue weighted by Crippen LogP contribution is -2.38. The number of hydrogen-bond donors (Lipinski definition) is 3. The van der Waals surface area contributed by atoms with Crippen LogP contribution in [-0.4, -0.2) is 28.1 Å². The number of carbonyl (C=O) groups excluding carboxylic acids is 1. The van der Waals surface area contributed by atoms with Gasteiger partial charge in [0.25, 0.3) is 5.91 Å². The molecule has 0 bridgehead atoms. The number of rotatable bonds is 3. The molecule has 1 aromatic carbocycles. The minimum atomic E-state index is -1.13. The molecular weight excluding hydrogens is 278 g/mol. The van der Waals surface area contributed by atoms with Gasteiger partial charge in [0.05, 0.1) is 5.56 Å². The molecule has 1 rings (SSSR count). The van der Waals surface area contributed by atoms with Gasteiger partial charge < -0.3 is 15.5 Å². The average molecular weight is 288 g/mol. The van der Waals surface area contributed by atoms with Crippen molar-refractivity contribution < 1.29 is 19.8 Å². The number of amides is 1. The number of nitrogens with one attached hydrogen (secondary N) is 1. The number of hydrogen-bond acceptors (Lipinski definition) is 3. The van der Waals surface area contributed by atoms with Gasteiger partial charge in [0.15, 0.2) is 0 Å². The molecular formula is C10H10BrNO4. The Hall–Kier alpha value is -1.56. The molecule has 1 aromatic rings. The lowest BCUT2D eigenvalue weighted by Gasteiger charge is -2.10. The maximum atomic E-state index is 11.5. The van der Waals surface area contributed by atoms with E-state index in [-0.39, 0.29) is 11.3 Å². The molecule has 0 aromatic heterocycles. The molecule has 0 heterocycles. The van der Waals surface area contributed by atoms with Crippen LogP contribution in [0.5, 0.6) is 5.75 Å². The Bertz CT molecular complexity index is 433. The molecule has 86 valence electrons. The van der Waals surface area contributed by atoms with Crippen molar-refractivity contribution in [3.05, 3.63) is 28.2 Å². The van der Waals surface area contributed by atoms with Crippen LogP contribution in [0, 0.1) is 0 Å². The quantitative estimate of drug-likeness (QED) is 0.783. The standard InChI is InChI=1S/C10H10BrNO4/c1-5(10(15)16)12-9(14)7-3-2-6(11)4-8(7)13/h2-5,13H,1H3,(H,12,14)(H,15,16)/t5-/m0/s1. The minimum Gasteiger partial charge on any atom is -0.507 e. The van der Waals surface area contributed by atoms with Crippen molar-refractivity contribution in [2.45, 2.75) is 13.0 Å². The second-order valence-corrected chi connectivity index (χ2v) is 4.11. The molecule has 1 amide bonds. The van der Waals surface area contributed by atoms with Gasteiger partial charge in [0.1, 0.15) is 11.8 Å². The molecule has 0 radical (unpaired) electrons. The highest BCUT2D eigenvalue weighted by atomic mass is 79.9. The summed E-state index contributed by atoms with van der Waals surface area (Å²) in [5.74, 6) is -1.96. The second-order valence-electron chi connectivity index (χ2n) is 3.19. The zero-order valence-electron chi connectivity index (χ0n) is 8.40. The van der Waals surface area contributed by atoms with Crippen LogP contribution in [0.25, 0.3) is 0 Å². The van der Waals surface area contributed by atoms with E-state index in [2.05, 4.69) is 21.2 Å². The average Bonchev–Trinajstić information content (AvgIpc) is 2.16. The summed E-state index contributed by atoms with van der Waals surface area (Å²) in [5.41, 5.74) is 0.0382. The van der Waals surface area contributed by atoms with Crippen LogP contribution in [0.15, 0.2) is 22.7 Å². The molecule has 0 aliphatic carbocycles. The van der Waals surface area contributed by atoms with Gasteiger partial charge in [-0.2, -0.15) is 0 Å². The Morgan fingerprint density at radius 1 is 1.44 bits per heavy atom. The van der Waals surface area contributed by atoms with Crippen molar-refractivity contribution in [1.82, 2.24) is 5.32 Å². The third-order valence-corrected chi connectivity index (χ3v) is 2.42. The number of halogens is 1. The van der Waals surface area contributed by atoms with Gasteiger partial charge >= 0.3 is 5.97 Å². The molecule has 6 heteroatoms. The molecule has 0 aliphatic rings. The number of carbonyl (C=O) groups is 2. The fourth-order valence-corrected chi connectivity index (χ4v) is 1.38. The molecule has 0 fully saturated rings. The summed E-state index contributed by atoms with van der Waals surface area (Å²) < 4.78 is 0.632. The molecule has 0 unspecified atom stereocenters. The number of carboxylic acid groups (broad SMARTS) is 1. The zero-order valence-corrected chi connectivity index (χ0v) is 9.98. The van der Waals surface area contributed by atoms with E-state index < -0.39 is 17.9 Å². The zero-order chi connectivity index (χ0) is 12.3. The van der Waals surface area contributed by atoms with Gasteiger partial charge in [-0.25, -0.2) is 0 Å². The van der Waals surface area contributed by atoms with Crippen LogP contribution >= 0.6 is 15.9 Å². The molecule has 0 aliphatic heterocycles. The topological polar surface area (TPSA) is 86.6 Å². The van der Waals surface area contributed by atoms with E-state index in [0.717, 1.165) is 0 Å². The fraction of sp³-hybridized carbons (Fsp3) is 0.200. The number of carboxylic acids is 1. The first-order chi connectivity index (χ1) is 7.41. The van der Waals surface area contributed by atoms with Gasteiger partial charge in [0, 0.05) is 4.47 Å². The summed E-state index contributed by atoms with van der Waals surface area (Å²) in [7, 11) is 0. The predicted molar refractivity (Wildman–Crippen MR) is 60.4 cm³/mol. The summed E-state index contributed by atoms with van der Waals surface area (Å²) in [6.07, 6.45) is 0. The Kier molecular flexibility index (Phi) is 3.89. The Balaban J connectivity index is 2.85. The molecule has 5 nitrogen and oxygen atoms in total. The number of phenols is 1. The van der Waals surface area contributed by atoms with Crippen LogP contribution in [0.2, 0.25) is 0 Å². The summed E-state index contributed by atoms with van der Waals surface area (Å²) in [4.78, 5) is 22.1. The first kappa shape index (κ1) is 12.5. The van der Waals surface area contributed by atoms with Crippen LogP contribution in [-0.2, 0) is 4.79 Å². The Labute approximate surface area is 100 Å². The highest BCUT2D eigenvalue weighted by molar-refractivity contribution is 9.10. The fourth-order valence-electron chi connectivity index (χ4n) is 1.03. The summed E-state index contributed by atoms with van der Waals surface area (Å²) >= 11 is 3.13. The lowest BCUT2D eigenvalue weighted by atomic mass is 10.2. The monoisotopic (exact) mass is 287 g/mol. The largest absolute Gasteiger partial charge is 0.507 e. The van der Waals surface area contributed by atoms with Crippen LogP contribution in [0.3, 0.4) is 0 Å². The molecule has 0 saturated heterocycles. The SMILES string of the molecule is C[C@H](NC(=O)c1ccc(Br)cc1O)C(=O)O. The lowest BCUT2D eigenvalue weighted by molar-refractivity contribution is -0.138. The highest BCUT2D eigenvalue weighted by Gasteiger charge is 2.17. The minimum absolute atomic E-state index is 0.0382. The van der Waals surface area contributed by atoms with Gasteiger partial charge in [0.2, 0.25) is 0 Å². The summed E-state index contributed by atoms with van der Waals surface area (Å²) in [5, 5.41) is 20.3. The third-order valence-electron chi connectivity index (χ3n) is 1.92. The maximum absolute atomic E-state index is 11.5. The Morgan fingerprint density at radius 3 is 2.56 bits per heavy atom. The third kappa shape index (κ3) is 2.96. The number of phenolic OH excluding ortho intramolecular Hbond substituents is 1. The van der Waals surface area contributed by atoms with E-state index in [4.69, 9.17) is 5.11 Å². The van der Waals surface area contributed by atoms with Crippen LogP contribution in [0.4, 0.5) is 0 Å². The second kappa shape index (κ2) is 4.98. The van der Waals surface area contributed by atoms with Crippen molar-refractivity contribution in [3.63, 3.8) is 0 Å². The number of benzene rings is 1. The molecule has 0 saturated carbocycles. The van der Waals surface area contributed by atoms with Crippen molar-refractivity contribution in [2.75, 3.05) is 0 Å². The van der Waals surface area contributed by atoms with Gasteiger partial charge in [-0.3, -0.25) is 9.59 Å². The summed E-state index contributed by atoms with van der Waals surface area (Å²) in [6, 6.07) is 3.35. The number of aromatic hydroxyl groups is 1. The van der Waals surface area contributed by atoms with E-state index in [9.17, 15) is 14.7 Å². The first-order valence-electron chi connectivity index (χ1n) is 4.44. The number of aliphatic carboxylic acids is 1. The van der Waals surface area contributed by atoms with E-state index in [0.29, 0.717) is 4.47 Å². The predicted octanol–water partition coefficient (Wildman–Crippen LogP) is 1.36. The van der Waals surface area contributed by atoms with Gasteiger partial charge in [-0.05, 0) is 25.1 Å². The summed E-state index contributed by atoms with van der Waals surface area (Å²) in [6.45, 7) is 1.34. The van der Waals surface area contributed by atoms with E-state index in [1.807, 2.05) is 0 Å². The maximum Gasteiger partial charge on any atom is 0.325 e. The molecule has 0 spiro atoms. The van der Waals surface area contributed by atoms with Crippen LogP contribution < -0.4 is 5.32 Å². The van der Waals surface area contributed by atoms with E-state index in [1.54, 1.807) is 6.07 Å². The van der Waals surface area contributed by atoms with E-state index >= 15 is 0 Å². The van der Waals surface area contributed by atoms with E-state index in [1.165, 1.54) is 19.1 Å². The Morgan fingerprint density at radius 2 is 2.06 bits per heavy atom. The van der Waals surface area contributed by atoms with Gasteiger partial charge in [-0.1, -0.05) is 15.9 Å². The molecule has 16 heavy (non-hydrogen) atoms. The highest BCUT2D eigenvalue weighted by Crippen LogP contribution is 2.22. The molecule has 3 N–H and O–H groups in total. The van der Waals surface area contributed by atoms with Crippen molar-refractivity contribution in [3.8, 4) is 5.75 Å². The van der Waals surface area contributed by atoms with Gasteiger partial charge in [-0.15, -0.1) is 0 Å². The van der Waals surface area contributed by atoms with Crippen molar-refractivity contribution in [1.29, 1.82) is 0 Å². The first-order valence-corrected chi connectivity index (χ1v) is 5.23. The normalized spacial score (nSPS) is 11.9. The van der Waals surface area contributed by atoms with Crippen LogP contribution in [0.1, 0.15) is 17.3 Å². The van der Waals surface area contributed by atoms with Crippen molar-refractivity contribution >= 4 is 27.8 Å². The smallest absolute Gasteiger partial charge is 0.325 e. The molecule has 1 atom stereocenters.